The summed E-state index contributed by atoms with van der Waals surface area (Å²) in [6.07, 6.45) is -0.270. The van der Waals surface area contributed by atoms with Crippen LogP contribution >= 0.6 is 0 Å². The number of carboxylic acid groups (broad SMARTS) is 1. The molecule has 0 aliphatic heterocycles. The van der Waals surface area contributed by atoms with Crippen LogP contribution in [0.1, 0.15) is 13.3 Å². The molecule has 1 radical (unpaired) electrons. The van der Waals surface area contributed by atoms with Crippen molar-refractivity contribution in [3.63, 3.8) is 0 Å². The summed E-state index contributed by atoms with van der Waals surface area (Å²) in [6.45, 7) is 2.31. The average molecular weight is 102 g/mol. The van der Waals surface area contributed by atoms with E-state index in [1.165, 1.54) is 0 Å². The zero-order valence-electron chi connectivity index (χ0n) is 4.22. The Morgan fingerprint density at radius 3 is 2.57 bits per heavy atom. The minimum Gasteiger partial charge on any atom is -0.464 e. The van der Waals surface area contributed by atoms with Gasteiger partial charge in [-0.1, -0.05) is 6.92 Å². The van der Waals surface area contributed by atoms with E-state index in [0.717, 1.165) is 6.42 Å². The molecule has 0 fully saturated rings. The molecule has 0 aromatic heterocycles. The van der Waals surface area contributed by atoms with E-state index >= 15 is 0 Å². The van der Waals surface area contributed by atoms with Gasteiger partial charge in [0.05, 0.1) is 0 Å². The van der Waals surface area contributed by atoms with Crippen molar-refractivity contribution < 1.29 is 9.90 Å². The number of hydrogen-bond acceptors (Lipinski definition) is 1. The molecule has 0 aliphatic carbocycles. The highest BCUT2D eigenvalue weighted by molar-refractivity contribution is 5.63. The monoisotopic (exact) mass is 102 g/mol. The third-order valence-electron chi connectivity index (χ3n) is 0.471. The van der Waals surface area contributed by atoms with Gasteiger partial charge in [0.2, 0.25) is 0 Å². The second-order valence-electron chi connectivity index (χ2n) is 1.16. The maximum Gasteiger partial charge on any atom is 0.426 e. The van der Waals surface area contributed by atoms with Crippen molar-refractivity contribution in [2.45, 2.75) is 13.3 Å². The molecule has 0 aromatic rings. The fourth-order valence-corrected chi connectivity index (χ4v) is 0.207. The first kappa shape index (κ1) is 6.27. The van der Waals surface area contributed by atoms with Crippen LogP contribution in [0, 0.1) is 0 Å². The minimum atomic E-state index is -1.07. The second-order valence-corrected chi connectivity index (χ2v) is 1.16. The lowest BCUT2D eigenvalue weighted by molar-refractivity contribution is 0.193. The van der Waals surface area contributed by atoms with E-state index in [1.807, 2.05) is 6.92 Å². The van der Waals surface area contributed by atoms with Crippen LogP contribution in [0.2, 0.25) is 0 Å². The highest BCUT2D eigenvalue weighted by Crippen LogP contribution is 1.70. The second kappa shape index (κ2) is 3.46. The van der Waals surface area contributed by atoms with Crippen molar-refractivity contribution in [3.05, 3.63) is 0 Å². The molecule has 0 bridgehead atoms. The minimum absolute atomic E-state index is 0.426. The smallest absolute Gasteiger partial charge is 0.426 e. The quantitative estimate of drug-likeness (QED) is 0.557. The maximum absolute atomic E-state index is 9.59. The molecule has 0 aromatic carbocycles. The first-order valence-electron chi connectivity index (χ1n) is 2.17. The zero-order chi connectivity index (χ0) is 5.70. The first-order chi connectivity index (χ1) is 3.27. The molecule has 0 rings (SSSR count). The van der Waals surface area contributed by atoms with Crippen molar-refractivity contribution in [2.75, 3.05) is 6.54 Å². The van der Waals surface area contributed by atoms with Gasteiger partial charge < -0.3 is 5.11 Å². The summed E-state index contributed by atoms with van der Waals surface area (Å²) in [5, 5.41) is 11.0. The maximum atomic E-state index is 9.59. The van der Waals surface area contributed by atoms with E-state index in [4.69, 9.17) is 5.11 Å². The summed E-state index contributed by atoms with van der Waals surface area (Å²) in [7, 11) is 0. The van der Waals surface area contributed by atoms with Crippen LogP contribution in [0.5, 0.6) is 0 Å². The number of nitrogens with zero attached hydrogens (tertiary/aromatic N) is 1. The SMILES string of the molecule is CCC[N]C(=O)O. The van der Waals surface area contributed by atoms with E-state index in [1.54, 1.807) is 0 Å². The number of carbonyl (C=O) groups is 1. The number of rotatable bonds is 2. The Kier molecular flexibility index (Phi) is 3.10. The van der Waals surface area contributed by atoms with E-state index < -0.39 is 6.09 Å². The fourth-order valence-electron chi connectivity index (χ4n) is 0.207. The van der Waals surface area contributed by atoms with Gasteiger partial charge in [0.25, 0.3) is 0 Å². The van der Waals surface area contributed by atoms with Crippen molar-refractivity contribution in [1.29, 1.82) is 0 Å². The van der Waals surface area contributed by atoms with Crippen molar-refractivity contribution in [2.24, 2.45) is 0 Å². The molecule has 0 saturated heterocycles. The van der Waals surface area contributed by atoms with E-state index in [0.29, 0.717) is 6.54 Å². The van der Waals surface area contributed by atoms with Gasteiger partial charge in [0.15, 0.2) is 0 Å². The van der Waals surface area contributed by atoms with Crippen LogP contribution < -0.4 is 5.32 Å². The fraction of sp³-hybridized carbons (Fsp3) is 0.750. The lowest BCUT2D eigenvalue weighted by Crippen LogP contribution is -2.12. The molecular weight excluding hydrogens is 94.0 g/mol. The third kappa shape index (κ3) is 5.27. The molecule has 41 valence electrons. The predicted octanol–water partition coefficient (Wildman–Crippen LogP) is 0.679. The van der Waals surface area contributed by atoms with Crippen LogP contribution in [0.3, 0.4) is 0 Å². The van der Waals surface area contributed by atoms with E-state index in [9.17, 15) is 4.79 Å². The number of amides is 1. The van der Waals surface area contributed by atoms with Gasteiger partial charge in [-0.15, -0.1) is 0 Å². The first-order valence-corrected chi connectivity index (χ1v) is 2.17. The van der Waals surface area contributed by atoms with Crippen LogP contribution in [-0.4, -0.2) is 17.7 Å². The van der Waals surface area contributed by atoms with Gasteiger partial charge in [-0.3, -0.25) is 0 Å². The molecule has 0 unspecified atom stereocenters. The Labute approximate surface area is 42.3 Å². The normalized spacial score (nSPS) is 8.14. The topological polar surface area (TPSA) is 51.4 Å². The molecule has 3 nitrogen and oxygen atoms in total. The van der Waals surface area contributed by atoms with Gasteiger partial charge >= 0.3 is 6.09 Å². The van der Waals surface area contributed by atoms with Crippen LogP contribution in [-0.2, 0) is 0 Å². The van der Waals surface area contributed by atoms with Gasteiger partial charge in [-0.25, -0.2) is 10.1 Å². The van der Waals surface area contributed by atoms with Gasteiger partial charge in [0, 0.05) is 6.54 Å². The van der Waals surface area contributed by atoms with Crippen molar-refractivity contribution >= 4 is 6.09 Å². The molecule has 0 aliphatic rings. The predicted molar refractivity (Wildman–Crippen MR) is 25.3 cm³/mol. The lowest BCUT2D eigenvalue weighted by Gasteiger charge is -1.87. The molecule has 0 atom stereocenters. The standard InChI is InChI=1S/C4H8NO2/c1-2-3-5-4(6)7/h2-3H2,1H3,(H,6,7). The summed E-state index contributed by atoms with van der Waals surface area (Å²) < 4.78 is 0. The van der Waals surface area contributed by atoms with Crippen LogP contribution in [0.25, 0.3) is 0 Å². The highest BCUT2D eigenvalue weighted by atomic mass is 16.4. The lowest BCUT2D eigenvalue weighted by atomic mass is 10.5. The Balaban J connectivity index is 2.82. The van der Waals surface area contributed by atoms with E-state index in [2.05, 4.69) is 5.32 Å². The van der Waals surface area contributed by atoms with Crippen LogP contribution in [0.15, 0.2) is 0 Å². The molecule has 3 heteroatoms. The van der Waals surface area contributed by atoms with Gasteiger partial charge in [-0.05, 0) is 6.42 Å². The van der Waals surface area contributed by atoms with Gasteiger partial charge in [-0.2, -0.15) is 0 Å². The molecule has 0 saturated carbocycles. The van der Waals surface area contributed by atoms with E-state index in [-0.39, 0.29) is 0 Å². The van der Waals surface area contributed by atoms with Crippen molar-refractivity contribution in [3.8, 4) is 0 Å². The zero-order valence-corrected chi connectivity index (χ0v) is 4.22. The van der Waals surface area contributed by atoms with Crippen molar-refractivity contribution in [1.82, 2.24) is 5.32 Å². The molecule has 1 amide bonds. The van der Waals surface area contributed by atoms with Gasteiger partial charge in [0.1, 0.15) is 0 Å². The molecule has 7 heavy (non-hydrogen) atoms. The summed E-state index contributed by atoms with van der Waals surface area (Å²) in [6, 6.07) is 0. The summed E-state index contributed by atoms with van der Waals surface area (Å²) in [5.74, 6) is 0. The third-order valence-corrected chi connectivity index (χ3v) is 0.471. The Morgan fingerprint density at radius 1 is 1.86 bits per heavy atom. The summed E-state index contributed by atoms with van der Waals surface area (Å²) in [4.78, 5) is 9.59. The molecule has 0 spiro atoms. The Hall–Kier alpha value is -0.730. The molecule has 0 heterocycles. The molecule has 1 N–H and O–H groups in total. The highest BCUT2D eigenvalue weighted by Gasteiger charge is 1.90. The Morgan fingerprint density at radius 2 is 2.43 bits per heavy atom. The summed E-state index contributed by atoms with van der Waals surface area (Å²) >= 11 is 0. The largest absolute Gasteiger partial charge is 0.464 e. The average Bonchev–Trinajstić information content (AvgIpc) is 1.61. The summed E-state index contributed by atoms with van der Waals surface area (Å²) in [5.41, 5.74) is 0. The Bertz CT molecular complexity index is 62.7. The number of hydrogen-bond donors (Lipinski definition) is 1. The van der Waals surface area contributed by atoms with Crippen LogP contribution in [0.4, 0.5) is 4.79 Å². The molecular formula is C4H8NO2.